The van der Waals surface area contributed by atoms with Crippen LogP contribution in [0.3, 0.4) is 0 Å². The van der Waals surface area contributed by atoms with E-state index in [1.807, 2.05) is 12.5 Å². The summed E-state index contributed by atoms with van der Waals surface area (Å²) < 4.78 is 39.6. The van der Waals surface area contributed by atoms with Crippen LogP contribution in [0.15, 0.2) is 29.2 Å². The van der Waals surface area contributed by atoms with Crippen LogP contribution in [0.5, 0.6) is 5.75 Å². The SMILES string of the molecule is CS(C)(S)c1cccc(OC(F)(F)F)c1. The third kappa shape index (κ3) is 4.25. The third-order valence-corrected chi connectivity index (χ3v) is 3.66. The van der Waals surface area contributed by atoms with Gasteiger partial charge in [-0.25, -0.2) is 0 Å². The molecule has 15 heavy (non-hydrogen) atoms. The van der Waals surface area contributed by atoms with E-state index in [-0.39, 0.29) is 5.75 Å². The minimum atomic E-state index is -4.64. The van der Waals surface area contributed by atoms with Gasteiger partial charge in [-0.15, -0.1) is 24.8 Å². The summed E-state index contributed by atoms with van der Waals surface area (Å²) in [5.74, 6) is -0.199. The lowest BCUT2D eigenvalue weighted by Crippen LogP contribution is -2.17. The van der Waals surface area contributed by atoms with Crippen LogP contribution >= 0.6 is 20.7 Å². The van der Waals surface area contributed by atoms with Crippen LogP contribution in [-0.4, -0.2) is 18.9 Å². The van der Waals surface area contributed by atoms with Crippen LogP contribution in [0.1, 0.15) is 0 Å². The Morgan fingerprint density at radius 2 is 1.87 bits per heavy atom. The molecule has 1 nitrogen and oxygen atoms in total. The fraction of sp³-hybridized carbons (Fsp3) is 0.333. The summed E-state index contributed by atoms with van der Waals surface area (Å²) in [6.45, 7) is 0. The molecule has 0 fully saturated rings. The van der Waals surface area contributed by atoms with Gasteiger partial charge in [-0.2, -0.15) is 9.06 Å². The van der Waals surface area contributed by atoms with Gasteiger partial charge in [0.1, 0.15) is 5.75 Å². The number of hydrogen-bond acceptors (Lipinski definition) is 2. The second-order valence-corrected chi connectivity index (χ2v) is 9.05. The minimum absolute atomic E-state index is 0.199. The van der Waals surface area contributed by atoms with Gasteiger partial charge in [0.05, 0.1) is 0 Å². The highest BCUT2D eigenvalue weighted by atomic mass is 33.1. The first-order valence-corrected chi connectivity index (χ1v) is 7.50. The second-order valence-electron chi connectivity index (χ2n) is 3.30. The van der Waals surface area contributed by atoms with Crippen LogP contribution in [0.2, 0.25) is 0 Å². The maximum absolute atomic E-state index is 11.9. The van der Waals surface area contributed by atoms with Crippen molar-refractivity contribution >= 4 is 20.7 Å². The predicted octanol–water partition coefficient (Wildman–Crippen LogP) is 3.85. The molecule has 0 atom stereocenters. The van der Waals surface area contributed by atoms with E-state index in [1.165, 1.54) is 18.2 Å². The number of halogens is 3. The highest BCUT2D eigenvalue weighted by Gasteiger charge is 2.31. The topological polar surface area (TPSA) is 9.23 Å². The van der Waals surface area contributed by atoms with Crippen molar-refractivity contribution in [2.75, 3.05) is 12.5 Å². The van der Waals surface area contributed by atoms with E-state index in [9.17, 15) is 13.2 Å². The molecule has 0 heterocycles. The van der Waals surface area contributed by atoms with E-state index in [4.69, 9.17) is 0 Å². The lowest BCUT2D eigenvalue weighted by atomic mass is 10.3. The van der Waals surface area contributed by atoms with E-state index >= 15 is 0 Å². The number of benzene rings is 1. The molecule has 0 aromatic heterocycles. The van der Waals surface area contributed by atoms with Crippen LogP contribution in [0, 0.1) is 0 Å². The molecular weight excluding hydrogens is 245 g/mol. The maximum Gasteiger partial charge on any atom is 0.573 e. The predicted molar refractivity (Wildman–Crippen MR) is 59.8 cm³/mol. The first-order valence-electron chi connectivity index (χ1n) is 4.00. The van der Waals surface area contributed by atoms with Gasteiger partial charge in [-0.1, -0.05) is 6.07 Å². The molecule has 0 aliphatic rings. The lowest BCUT2D eigenvalue weighted by molar-refractivity contribution is -0.274. The van der Waals surface area contributed by atoms with Crippen molar-refractivity contribution < 1.29 is 17.9 Å². The maximum atomic E-state index is 11.9. The van der Waals surface area contributed by atoms with Crippen molar-refractivity contribution in [1.29, 1.82) is 0 Å². The van der Waals surface area contributed by atoms with E-state index < -0.39 is 15.4 Å². The highest BCUT2D eigenvalue weighted by molar-refractivity contribution is 8.87. The largest absolute Gasteiger partial charge is 0.573 e. The Balaban J connectivity index is 2.94. The molecule has 0 unspecified atom stereocenters. The Bertz CT molecular complexity index is 344. The molecule has 0 saturated heterocycles. The minimum Gasteiger partial charge on any atom is -0.406 e. The molecule has 0 N–H and O–H groups in total. The van der Waals surface area contributed by atoms with Crippen molar-refractivity contribution in [3.05, 3.63) is 24.3 Å². The van der Waals surface area contributed by atoms with Gasteiger partial charge in [0, 0.05) is 4.90 Å². The van der Waals surface area contributed by atoms with Crippen molar-refractivity contribution in [1.82, 2.24) is 0 Å². The molecule has 0 spiro atoms. The van der Waals surface area contributed by atoms with Crippen molar-refractivity contribution in [2.45, 2.75) is 11.3 Å². The molecule has 0 aliphatic heterocycles. The zero-order chi connectivity index (χ0) is 11.7. The Hall–Kier alpha value is -0.490. The highest BCUT2D eigenvalue weighted by Crippen LogP contribution is 2.53. The molecule has 1 rings (SSSR count). The van der Waals surface area contributed by atoms with Gasteiger partial charge < -0.3 is 4.74 Å². The lowest BCUT2D eigenvalue weighted by Gasteiger charge is -2.24. The summed E-state index contributed by atoms with van der Waals surface area (Å²) in [5.41, 5.74) is 0. The van der Waals surface area contributed by atoms with Gasteiger partial charge in [0.15, 0.2) is 0 Å². The smallest absolute Gasteiger partial charge is 0.406 e. The van der Waals surface area contributed by atoms with E-state index in [0.717, 1.165) is 4.90 Å². The molecule has 0 amide bonds. The number of thiol groups is 1. The van der Waals surface area contributed by atoms with Crippen LogP contribution in [0.25, 0.3) is 0 Å². The molecule has 0 aliphatic carbocycles. The molecule has 0 bridgehead atoms. The van der Waals surface area contributed by atoms with E-state index in [0.29, 0.717) is 0 Å². The average molecular weight is 256 g/mol. The zero-order valence-corrected chi connectivity index (χ0v) is 9.92. The average Bonchev–Trinajstić information content (AvgIpc) is 1.99. The van der Waals surface area contributed by atoms with Crippen LogP contribution in [-0.2, 0) is 0 Å². The Kier molecular flexibility index (Phi) is 3.50. The monoisotopic (exact) mass is 256 g/mol. The standard InChI is InChI=1S/C9H11F3OS2/c1-15(2,14)8-5-3-4-7(6-8)13-9(10,11)12/h3-6,14H,1-2H3. The van der Waals surface area contributed by atoms with Gasteiger partial charge in [0.2, 0.25) is 0 Å². The molecule has 1 aromatic carbocycles. The number of hydrogen-bond donors (Lipinski definition) is 1. The number of rotatable bonds is 2. The molecule has 0 radical (unpaired) electrons. The van der Waals surface area contributed by atoms with Crippen molar-refractivity contribution in [2.24, 2.45) is 0 Å². The number of ether oxygens (including phenoxy) is 1. The normalized spacial score (nSPS) is 13.7. The van der Waals surface area contributed by atoms with Crippen molar-refractivity contribution in [3.8, 4) is 5.75 Å². The summed E-state index contributed by atoms with van der Waals surface area (Å²) >= 11 is 4.35. The van der Waals surface area contributed by atoms with Gasteiger partial charge in [-0.3, -0.25) is 0 Å². The Morgan fingerprint density at radius 1 is 1.27 bits per heavy atom. The summed E-state index contributed by atoms with van der Waals surface area (Å²) in [4.78, 5) is 0.757. The zero-order valence-electron chi connectivity index (χ0n) is 8.21. The molecule has 0 saturated carbocycles. The van der Waals surface area contributed by atoms with E-state index in [1.54, 1.807) is 6.07 Å². The van der Waals surface area contributed by atoms with Gasteiger partial charge >= 0.3 is 6.36 Å². The fourth-order valence-electron chi connectivity index (χ4n) is 0.982. The Labute approximate surface area is 92.8 Å². The Morgan fingerprint density at radius 3 is 2.33 bits per heavy atom. The fourth-order valence-corrected chi connectivity index (χ4v) is 2.14. The quantitative estimate of drug-likeness (QED) is 0.624. The molecular formula is C9H11F3OS2. The summed E-state index contributed by atoms with van der Waals surface area (Å²) in [7, 11) is -1.33. The summed E-state index contributed by atoms with van der Waals surface area (Å²) in [5, 5.41) is 0. The summed E-state index contributed by atoms with van der Waals surface area (Å²) in [6, 6.07) is 5.92. The van der Waals surface area contributed by atoms with Crippen LogP contribution in [0.4, 0.5) is 13.2 Å². The van der Waals surface area contributed by atoms with E-state index in [2.05, 4.69) is 16.4 Å². The van der Waals surface area contributed by atoms with Crippen molar-refractivity contribution in [3.63, 3.8) is 0 Å². The van der Waals surface area contributed by atoms with Crippen LogP contribution < -0.4 is 4.74 Å². The number of alkyl halides is 3. The molecule has 6 heteroatoms. The third-order valence-electron chi connectivity index (χ3n) is 1.62. The first-order chi connectivity index (χ1) is 6.68. The summed E-state index contributed by atoms with van der Waals surface area (Å²) in [6.07, 6.45) is -0.889. The first kappa shape index (κ1) is 12.6. The molecule has 86 valence electrons. The molecule has 1 aromatic rings. The van der Waals surface area contributed by atoms with Gasteiger partial charge in [-0.05, 0) is 30.7 Å². The van der Waals surface area contributed by atoms with Gasteiger partial charge in [0.25, 0.3) is 0 Å². The second kappa shape index (κ2) is 4.17.